The standard InChI is InChI=1S/C15H26/c1-5-6-7-8-9-10-11-12-13-15(4)14(2)3/h11-12H,2,4-10,13H2,1,3H3. The highest BCUT2D eigenvalue weighted by molar-refractivity contribution is 5.24. The van der Waals surface area contributed by atoms with Gasteiger partial charge in [0.25, 0.3) is 0 Å². The normalized spacial score (nSPS) is 10.8. The van der Waals surface area contributed by atoms with Crippen LogP contribution in [0.3, 0.4) is 0 Å². The van der Waals surface area contributed by atoms with Crippen LogP contribution in [-0.4, -0.2) is 0 Å². The Morgan fingerprint density at radius 3 is 2.27 bits per heavy atom. The predicted molar refractivity (Wildman–Crippen MR) is 71.1 cm³/mol. The zero-order valence-electron chi connectivity index (χ0n) is 10.5. The van der Waals surface area contributed by atoms with Gasteiger partial charge in [0.05, 0.1) is 0 Å². The molecule has 0 saturated heterocycles. The van der Waals surface area contributed by atoms with Gasteiger partial charge in [0.1, 0.15) is 0 Å². The summed E-state index contributed by atoms with van der Waals surface area (Å²) in [5.41, 5.74) is 2.25. The van der Waals surface area contributed by atoms with Crippen molar-refractivity contribution in [1.29, 1.82) is 0 Å². The Morgan fingerprint density at radius 1 is 1.00 bits per heavy atom. The van der Waals surface area contributed by atoms with E-state index >= 15 is 0 Å². The molecule has 0 aliphatic rings. The molecule has 0 rings (SSSR count). The minimum absolute atomic E-state index is 0.963. The SMILES string of the molecule is C=C(C)C(=C)CC=CCCCCCCC. The van der Waals surface area contributed by atoms with Crippen molar-refractivity contribution in [1.82, 2.24) is 0 Å². The molecular formula is C15H26. The summed E-state index contributed by atoms with van der Waals surface area (Å²) in [7, 11) is 0. The van der Waals surface area contributed by atoms with Crippen molar-refractivity contribution < 1.29 is 0 Å². The second-order valence-corrected chi connectivity index (χ2v) is 4.26. The monoisotopic (exact) mass is 206 g/mol. The lowest BCUT2D eigenvalue weighted by molar-refractivity contribution is 0.637. The maximum atomic E-state index is 3.96. The fourth-order valence-corrected chi connectivity index (χ4v) is 1.38. The van der Waals surface area contributed by atoms with E-state index in [0.717, 1.165) is 17.6 Å². The van der Waals surface area contributed by atoms with Crippen LogP contribution in [0.25, 0.3) is 0 Å². The third-order valence-electron chi connectivity index (χ3n) is 2.61. The molecule has 0 bridgehead atoms. The average molecular weight is 206 g/mol. The van der Waals surface area contributed by atoms with Crippen LogP contribution >= 0.6 is 0 Å². The highest BCUT2D eigenvalue weighted by atomic mass is 14.0. The Hall–Kier alpha value is -0.780. The molecular weight excluding hydrogens is 180 g/mol. The van der Waals surface area contributed by atoms with Gasteiger partial charge in [0.2, 0.25) is 0 Å². The number of hydrogen-bond donors (Lipinski definition) is 0. The van der Waals surface area contributed by atoms with Crippen molar-refractivity contribution in [3.05, 3.63) is 36.5 Å². The lowest BCUT2D eigenvalue weighted by atomic mass is 10.1. The highest BCUT2D eigenvalue weighted by Gasteiger charge is 1.90. The van der Waals surface area contributed by atoms with Crippen LogP contribution in [0.5, 0.6) is 0 Å². The fraction of sp³-hybridized carbons (Fsp3) is 0.600. The molecule has 0 fully saturated rings. The molecule has 0 N–H and O–H groups in total. The molecule has 0 spiro atoms. The smallest absolute Gasteiger partial charge is 0.0101 e. The van der Waals surface area contributed by atoms with Crippen LogP contribution in [0.2, 0.25) is 0 Å². The van der Waals surface area contributed by atoms with E-state index < -0.39 is 0 Å². The number of hydrogen-bond acceptors (Lipinski definition) is 0. The Bertz CT molecular complexity index is 208. The van der Waals surface area contributed by atoms with Crippen molar-refractivity contribution in [3.8, 4) is 0 Å². The van der Waals surface area contributed by atoms with E-state index in [1.807, 2.05) is 6.92 Å². The van der Waals surface area contributed by atoms with E-state index in [1.54, 1.807) is 0 Å². The maximum absolute atomic E-state index is 3.96. The molecule has 0 aromatic rings. The van der Waals surface area contributed by atoms with Crippen LogP contribution in [-0.2, 0) is 0 Å². The topological polar surface area (TPSA) is 0 Å². The molecule has 15 heavy (non-hydrogen) atoms. The van der Waals surface area contributed by atoms with Gasteiger partial charge in [0.15, 0.2) is 0 Å². The van der Waals surface area contributed by atoms with Gasteiger partial charge in [-0.1, -0.05) is 63.5 Å². The summed E-state index contributed by atoms with van der Waals surface area (Å²) in [5.74, 6) is 0. The summed E-state index contributed by atoms with van der Waals surface area (Å²) in [4.78, 5) is 0. The summed E-state index contributed by atoms with van der Waals surface area (Å²) >= 11 is 0. The van der Waals surface area contributed by atoms with Gasteiger partial charge < -0.3 is 0 Å². The van der Waals surface area contributed by atoms with Crippen molar-refractivity contribution in [2.75, 3.05) is 0 Å². The molecule has 0 amide bonds. The quantitative estimate of drug-likeness (QED) is 0.268. The second-order valence-electron chi connectivity index (χ2n) is 4.26. The molecule has 0 nitrogen and oxygen atoms in total. The van der Waals surface area contributed by atoms with Crippen LogP contribution in [0.1, 0.15) is 58.8 Å². The predicted octanol–water partition coefficient (Wildman–Crippen LogP) is 5.43. The lowest BCUT2D eigenvalue weighted by Crippen LogP contribution is -1.79. The molecule has 0 aliphatic heterocycles. The number of unbranched alkanes of at least 4 members (excludes halogenated alkanes) is 5. The molecule has 0 saturated carbocycles. The third kappa shape index (κ3) is 9.52. The minimum atomic E-state index is 0.963. The Labute approximate surface area is 95.8 Å². The van der Waals surface area contributed by atoms with Gasteiger partial charge in [-0.15, -0.1) is 0 Å². The zero-order chi connectivity index (χ0) is 11.5. The first-order valence-corrected chi connectivity index (χ1v) is 6.17. The molecule has 86 valence electrons. The van der Waals surface area contributed by atoms with E-state index in [4.69, 9.17) is 0 Å². The minimum Gasteiger partial charge on any atom is -0.0958 e. The van der Waals surface area contributed by atoms with Gasteiger partial charge in [-0.3, -0.25) is 0 Å². The Kier molecular flexibility index (Phi) is 9.26. The van der Waals surface area contributed by atoms with Crippen molar-refractivity contribution >= 4 is 0 Å². The van der Waals surface area contributed by atoms with Gasteiger partial charge in [-0.25, -0.2) is 0 Å². The van der Waals surface area contributed by atoms with E-state index in [1.165, 1.54) is 38.5 Å². The maximum Gasteiger partial charge on any atom is -0.0101 e. The first kappa shape index (κ1) is 14.2. The van der Waals surface area contributed by atoms with Crippen LogP contribution in [0.4, 0.5) is 0 Å². The number of rotatable bonds is 9. The molecule has 0 heteroatoms. The fourth-order valence-electron chi connectivity index (χ4n) is 1.38. The van der Waals surface area contributed by atoms with Crippen LogP contribution in [0.15, 0.2) is 36.5 Å². The van der Waals surface area contributed by atoms with Gasteiger partial charge in [-0.2, -0.15) is 0 Å². The first-order chi connectivity index (χ1) is 7.18. The van der Waals surface area contributed by atoms with Gasteiger partial charge in [0, 0.05) is 0 Å². The van der Waals surface area contributed by atoms with E-state index in [-0.39, 0.29) is 0 Å². The lowest BCUT2D eigenvalue weighted by Gasteiger charge is -1.99. The van der Waals surface area contributed by atoms with Crippen molar-refractivity contribution in [3.63, 3.8) is 0 Å². The molecule has 0 radical (unpaired) electrons. The van der Waals surface area contributed by atoms with Gasteiger partial charge >= 0.3 is 0 Å². The Morgan fingerprint density at radius 2 is 1.67 bits per heavy atom. The van der Waals surface area contributed by atoms with E-state index in [2.05, 4.69) is 32.2 Å². The van der Waals surface area contributed by atoms with Crippen LogP contribution in [0, 0.1) is 0 Å². The summed E-state index contributed by atoms with van der Waals surface area (Å²) < 4.78 is 0. The largest absolute Gasteiger partial charge is 0.0958 e. The first-order valence-electron chi connectivity index (χ1n) is 6.17. The van der Waals surface area contributed by atoms with Crippen molar-refractivity contribution in [2.45, 2.75) is 58.8 Å². The average Bonchev–Trinajstić information content (AvgIpc) is 2.21. The van der Waals surface area contributed by atoms with E-state index in [0.29, 0.717) is 0 Å². The zero-order valence-corrected chi connectivity index (χ0v) is 10.5. The summed E-state index contributed by atoms with van der Waals surface area (Å²) in [6.07, 6.45) is 13.5. The molecule has 0 heterocycles. The summed E-state index contributed by atoms with van der Waals surface area (Å²) in [6.45, 7) is 12.1. The van der Waals surface area contributed by atoms with Gasteiger partial charge in [-0.05, 0) is 31.8 Å². The second kappa shape index (κ2) is 9.76. The van der Waals surface area contributed by atoms with Crippen LogP contribution < -0.4 is 0 Å². The molecule has 0 atom stereocenters. The van der Waals surface area contributed by atoms with E-state index in [9.17, 15) is 0 Å². The van der Waals surface area contributed by atoms with Crippen molar-refractivity contribution in [2.24, 2.45) is 0 Å². The Balaban J connectivity index is 3.32. The summed E-state index contributed by atoms with van der Waals surface area (Å²) in [6, 6.07) is 0. The molecule has 0 aliphatic carbocycles. The summed E-state index contributed by atoms with van der Waals surface area (Å²) in [5, 5.41) is 0. The highest BCUT2D eigenvalue weighted by Crippen LogP contribution is 2.10. The molecule has 0 aromatic carbocycles. The molecule has 0 aromatic heterocycles. The number of allylic oxidation sites excluding steroid dienone is 4. The molecule has 0 unspecified atom stereocenters. The third-order valence-corrected chi connectivity index (χ3v) is 2.61.